The molecule has 17 heavy (non-hydrogen) atoms. The Labute approximate surface area is 107 Å². The number of carbonyl (C=O) groups is 1. The van der Waals surface area contributed by atoms with Crippen molar-refractivity contribution in [2.45, 2.75) is 25.8 Å². The summed E-state index contributed by atoms with van der Waals surface area (Å²) in [5.74, 6) is -0.0452. The van der Waals surface area contributed by atoms with E-state index in [0.29, 0.717) is 10.6 Å². The van der Waals surface area contributed by atoms with Crippen LogP contribution in [0.1, 0.15) is 29.3 Å². The molecule has 1 fully saturated rings. The van der Waals surface area contributed by atoms with Gasteiger partial charge in [-0.05, 0) is 44.5 Å². The molecule has 1 saturated heterocycles. The van der Waals surface area contributed by atoms with E-state index in [-0.39, 0.29) is 11.4 Å². The lowest BCUT2D eigenvalue weighted by molar-refractivity contribution is 0.0912. The molecule has 0 saturated carbocycles. The van der Waals surface area contributed by atoms with Crippen molar-refractivity contribution in [1.82, 2.24) is 10.6 Å². The van der Waals surface area contributed by atoms with Gasteiger partial charge in [0.05, 0.1) is 5.54 Å². The average Bonchev–Trinajstić information content (AvgIpc) is 2.68. The Morgan fingerprint density at radius 3 is 2.94 bits per heavy atom. The van der Waals surface area contributed by atoms with Crippen LogP contribution in [0.2, 0.25) is 5.02 Å². The number of hydrogen-bond donors (Lipinski definition) is 2. The van der Waals surface area contributed by atoms with Crippen LogP contribution < -0.4 is 10.6 Å². The lowest BCUT2D eigenvalue weighted by atomic mass is 10.00. The molecule has 0 aromatic heterocycles. The summed E-state index contributed by atoms with van der Waals surface area (Å²) in [6.07, 6.45) is 0.957. The number of aryl methyl sites for hydroxylation is 1. The first-order valence-corrected chi connectivity index (χ1v) is 6.17. The zero-order chi connectivity index (χ0) is 12.5. The van der Waals surface area contributed by atoms with Gasteiger partial charge in [-0.15, -0.1) is 0 Å². The zero-order valence-corrected chi connectivity index (χ0v) is 10.9. The molecular formula is C13H17ClN2O. The van der Waals surface area contributed by atoms with Gasteiger partial charge >= 0.3 is 0 Å². The van der Waals surface area contributed by atoms with E-state index >= 15 is 0 Å². The first kappa shape index (κ1) is 12.4. The number of rotatable bonds is 2. The van der Waals surface area contributed by atoms with E-state index in [4.69, 9.17) is 11.6 Å². The Bertz CT molecular complexity index is 439. The minimum Gasteiger partial charge on any atom is -0.346 e. The Morgan fingerprint density at radius 2 is 2.29 bits per heavy atom. The molecule has 2 N–H and O–H groups in total. The Balaban J connectivity index is 2.17. The maximum atomic E-state index is 12.2. The molecule has 0 radical (unpaired) electrons. The highest BCUT2D eigenvalue weighted by Gasteiger charge is 2.30. The van der Waals surface area contributed by atoms with Crippen molar-refractivity contribution in [2.24, 2.45) is 0 Å². The van der Waals surface area contributed by atoms with Crippen molar-refractivity contribution in [3.63, 3.8) is 0 Å². The predicted molar refractivity (Wildman–Crippen MR) is 69.5 cm³/mol. The number of amides is 1. The molecule has 1 aliphatic rings. The standard InChI is InChI=1S/C13H17ClN2O/c1-9-3-4-10(14)7-11(9)12(17)16-13(2)5-6-15-8-13/h3-4,7,15H,5-6,8H2,1-2H3,(H,16,17). The first-order chi connectivity index (χ1) is 8.00. The number of carbonyl (C=O) groups excluding carboxylic acids is 1. The fourth-order valence-corrected chi connectivity index (χ4v) is 2.28. The van der Waals surface area contributed by atoms with Crippen molar-refractivity contribution in [1.29, 1.82) is 0 Å². The number of hydrogen-bond acceptors (Lipinski definition) is 2. The summed E-state index contributed by atoms with van der Waals surface area (Å²) in [4.78, 5) is 12.2. The van der Waals surface area contributed by atoms with Crippen LogP contribution in [-0.2, 0) is 0 Å². The molecule has 1 aromatic rings. The van der Waals surface area contributed by atoms with Crippen molar-refractivity contribution in [3.05, 3.63) is 34.3 Å². The van der Waals surface area contributed by atoms with Gasteiger partial charge in [0.1, 0.15) is 0 Å². The third kappa shape index (κ3) is 2.79. The lowest BCUT2D eigenvalue weighted by Gasteiger charge is -2.24. The van der Waals surface area contributed by atoms with Crippen LogP contribution >= 0.6 is 11.6 Å². The highest BCUT2D eigenvalue weighted by Crippen LogP contribution is 2.18. The SMILES string of the molecule is Cc1ccc(Cl)cc1C(=O)NC1(C)CCNC1. The number of benzene rings is 1. The van der Waals surface area contributed by atoms with Crippen LogP contribution in [0, 0.1) is 6.92 Å². The third-order valence-corrected chi connectivity index (χ3v) is 3.46. The van der Waals surface area contributed by atoms with Crippen molar-refractivity contribution < 1.29 is 4.79 Å². The molecule has 1 heterocycles. The van der Waals surface area contributed by atoms with Crippen LogP contribution in [0.15, 0.2) is 18.2 Å². The van der Waals surface area contributed by atoms with E-state index in [0.717, 1.165) is 25.1 Å². The summed E-state index contributed by atoms with van der Waals surface area (Å²) in [7, 11) is 0. The maximum absolute atomic E-state index is 12.2. The Hall–Kier alpha value is -1.06. The second kappa shape index (κ2) is 4.67. The molecule has 4 heteroatoms. The number of nitrogens with one attached hydrogen (secondary N) is 2. The minimum atomic E-state index is -0.147. The molecule has 0 spiro atoms. The largest absolute Gasteiger partial charge is 0.346 e. The van der Waals surface area contributed by atoms with E-state index in [2.05, 4.69) is 17.6 Å². The van der Waals surface area contributed by atoms with Crippen LogP contribution in [0.5, 0.6) is 0 Å². The van der Waals surface area contributed by atoms with E-state index in [1.807, 2.05) is 13.0 Å². The van der Waals surface area contributed by atoms with Crippen LogP contribution in [-0.4, -0.2) is 24.5 Å². The van der Waals surface area contributed by atoms with Gasteiger partial charge in [0, 0.05) is 17.1 Å². The maximum Gasteiger partial charge on any atom is 0.252 e. The summed E-state index contributed by atoms with van der Waals surface area (Å²) in [5, 5.41) is 6.93. The number of halogens is 1. The normalized spacial score (nSPS) is 23.7. The van der Waals surface area contributed by atoms with Gasteiger partial charge in [-0.1, -0.05) is 17.7 Å². The molecule has 1 aliphatic heterocycles. The Kier molecular flexibility index (Phi) is 3.40. The van der Waals surface area contributed by atoms with Gasteiger partial charge in [-0.3, -0.25) is 4.79 Å². The quantitative estimate of drug-likeness (QED) is 0.847. The van der Waals surface area contributed by atoms with Crippen LogP contribution in [0.3, 0.4) is 0 Å². The minimum absolute atomic E-state index is 0.0452. The van der Waals surface area contributed by atoms with Crippen molar-refractivity contribution in [3.8, 4) is 0 Å². The topological polar surface area (TPSA) is 41.1 Å². The second-order valence-electron chi connectivity index (χ2n) is 4.90. The summed E-state index contributed by atoms with van der Waals surface area (Å²) in [6, 6.07) is 5.39. The molecule has 1 unspecified atom stereocenters. The lowest BCUT2D eigenvalue weighted by Crippen LogP contribution is -2.47. The molecule has 0 bridgehead atoms. The highest BCUT2D eigenvalue weighted by molar-refractivity contribution is 6.31. The molecule has 0 aliphatic carbocycles. The summed E-state index contributed by atoms with van der Waals surface area (Å²) < 4.78 is 0. The molecule has 1 atom stereocenters. The van der Waals surface area contributed by atoms with E-state index in [1.54, 1.807) is 12.1 Å². The highest BCUT2D eigenvalue weighted by atomic mass is 35.5. The smallest absolute Gasteiger partial charge is 0.252 e. The van der Waals surface area contributed by atoms with Gasteiger partial charge in [0.15, 0.2) is 0 Å². The molecule has 1 aromatic carbocycles. The monoisotopic (exact) mass is 252 g/mol. The molecule has 92 valence electrons. The van der Waals surface area contributed by atoms with E-state index < -0.39 is 0 Å². The molecule has 2 rings (SSSR count). The Morgan fingerprint density at radius 1 is 1.53 bits per heavy atom. The van der Waals surface area contributed by atoms with Gasteiger partial charge in [0.2, 0.25) is 0 Å². The molecule has 1 amide bonds. The second-order valence-corrected chi connectivity index (χ2v) is 5.34. The van der Waals surface area contributed by atoms with Crippen molar-refractivity contribution in [2.75, 3.05) is 13.1 Å². The summed E-state index contributed by atoms with van der Waals surface area (Å²) >= 11 is 5.92. The molecule has 3 nitrogen and oxygen atoms in total. The average molecular weight is 253 g/mol. The fraction of sp³-hybridized carbons (Fsp3) is 0.462. The van der Waals surface area contributed by atoms with Crippen LogP contribution in [0.4, 0.5) is 0 Å². The van der Waals surface area contributed by atoms with Gasteiger partial charge < -0.3 is 10.6 Å². The van der Waals surface area contributed by atoms with E-state index in [1.165, 1.54) is 0 Å². The summed E-state index contributed by atoms with van der Waals surface area (Å²) in [5.41, 5.74) is 1.46. The predicted octanol–water partition coefficient (Wildman–Crippen LogP) is 2.13. The van der Waals surface area contributed by atoms with E-state index in [9.17, 15) is 4.79 Å². The summed E-state index contributed by atoms with van der Waals surface area (Å²) in [6.45, 7) is 5.74. The van der Waals surface area contributed by atoms with Crippen molar-refractivity contribution >= 4 is 17.5 Å². The fourth-order valence-electron chi connectivity index (χ4n) is 2.10. The van der Waals surface area contributed by atoms with Gasteiger partial charge in [-0.25, -0.2) is 0 Å². The zero-order valence-electron chi connectivity index (χ0n) is 10.1. The van der Waals surface area contributed by atoms with Gasteiger partial charge in [-0.2, -0.15) is 0 Å². The third-order valence-electron chi connectivity index (χ3n) is 3.23. The van der Waals surface area contributed by atoms with Gasteiger partial charge in [0.25, 0.3) is 5.91 Å². The van der Waals surface area contributed by atoms with Crippen LogP contribution in [0.25, 0.3) is 0 Å². The first-order valence-electron chi connectivity index (χ1n) is 5.80. The molecular weight excluding hydrogens is 236 g/mol.